The number of aromatic nitrogens is 1. The van der Waals surface area contributed by atoms with Gasteiger partial charge in [-0.05, 0) is 32.4 Å². The van der Waals surface area contributed by atoms with Gasteiger partial charge in [0.25, 0.3) is 11.8 Å². The minimum absolute atomic E-state index is 0.0456. The zero-order valence-electron chi connectivity index (χ0n) is 18.5. The van der Waals surface area contributed by atoms with Crippen LogP contribution in [0.4, 0.5) is 8.78 Å². The van der Waals surface area contributed by atoms with Crippen LogP contribution in [0.25, 0.3) is 0 Å². The number of benzene rings is 1. The summed E-state index contributed by atoms with van der Waals surface area (Å²) in [6.07, 6.45) is 2.71. The van der Waals surface area contributed by atoms with Gasteiger partial charge in [0.05, 0.1) is 6.54 Å². The van der Waals surface area contributed by atoms with E-state index >= 15 is 0 Å². The van der Waals surface area contributed by atoms with Gasteiger partial charge in [-0.25, -0.2) is 8.78 Å². The average molecular weight is 460 g/mol. The molecule has 10 heteroatoms. The molecule has 33 heavy (non-hydrogen) atoms. The van der Waals surface area contributed by atoms with E-state index in [0.717, 1.165) is 32.0 Å². The number of hydrogen-bond acceptors (Lipinski definition) is 5. The van der Waals surface area contributed by atoms with E-state index in [-0.39, 0.29) is 35.6 Å². The maximum Gasteiger partial charge on any atom is 0.276 e. The van der Waals surface area contributed by atoms with Gasteiger partial charge in [0.15, 0.2) is 11.4 Å². The van der Waals surface area contributed by atoms with Crippen LogP contribution >= 0.6 is 0 Å². The van der Waals surface area contributed by atoms with Crippen molar-refractivity contribution in [3.8, 4) is 5.75 Å². The molecule has 1 aromatic carbocycles. The van der Waals surface area contributed by atoms with Crippen molar-refractivity contribution in [2.45, 2.75) is 52.0 Å². The molecule has 2 amide bonds. The maximum absolute atomic E-state index is 13.9. The van der Waals surface area contributed by atoms with E-state index in [2.05, 4.69) is 17.1 Å². The highest BCUT2D eigenvalue weighted by Crippen LogP contribution is 2.30. The van der Waals surface area contributed by atoms with Crippen LogP contribution in [0.15, 0.2) is 29.2 Å². The van der Waals surface area contributed by atoms with Gasteiger partial charge in [0, 0.05) is 37.0 Å². The van der Waals surface area contributed by atoms with Gasteiger partial charge in [-0.15, -0.1) is 0 Å². The third-order valence-electron chi connectivity index (χ3n) is 6.31. The number of pyridine rings is 1. The summed E-state index contributed by atoms with van der Waals surface area (Å²) < 4.78 is 28.4. The number of amides is 2. The molecule has 2 aromatic rings. The van der Waals surface area contributed by atoms with Gasteiger partial charge in [0.1, 0.15) is 23.4 Å². The molecule has 1 fully saturated rings. The highest BCUT2D eigenvalue weighted by Gasteiger charge is 2.43. The molecule has 2 atom stereocenters. The van der Waals surface area contributed by atoms with Gasteiger partial charge in [-0.3, -0.25) is 19.3 Å². The molecule has 2 N–H and O–H groups in total. The van der Waals surface area contributed by atoms with E-state index in [0.29, 0.717) is 12.6 Å². The van der Waals surface area contributed by atoms with Crippen molar-refractivity contribution in [1.82, 2.24) is 19.7 Å². The van der Waals surface area contributed by atoms with Gasteiger partial charge in [-0.1, -0.05) is 13.0 Å². The molecule has 2 aliphatic heterocycles. The van der Waals surface area contributed by atoms with Crippen LogP contribution in [-0.4, -0.2) is 56.6 Å². The number of carbonyl (C=O) groups excluding carboxylic acids is 2. The molecular weight excluding hydrogens is 434 g/mol. The Morgan fingerprint density at radius 2 is 2.03 bits per heavy atom. The number of carbonyl (C=O) groups is 2. The second-order valence-electron chi connectivity index (χ2n) is 8.51. The molecule has 1 saturated heterocycles. The Kier molecular flexibility index (Phi) is 6.20. The molecule has 2 aliphatic rings. The number of nitrogens with one attached hydrogen (secondary N) is 1. The monoisotopic (exact) mass is 460 g/mol. The lowest BCUT2D eigenvalue weighted by atomic mass is 10.0. The first-order valence-electron chi connectivity index (χ1n) is 11.0. The second-order valence-corrected chi connectivity index (χ2v) is 8.51. The van der Waals surface area contributed by atoms with Crippen molar-refractivity contribution >= 4 is 11.8 Å². The van der Waals surface area contributed by atoms with Crippen LogP contribution in [0, 0.1) is 11.6 Å². The zero-order valence-corrected chi connectivity index (χ0v) is 18.5. The van der Waals surface area contributed by atoms with E-state index in [4.69, 9.17) is 0 Å². The Labute approximate surface area is 189 Å². The summed E-state index contributed by atoms with van der Waals surface area (Å²) in [7, 11) is 0. The molecule has 8 nitrogen and oxygen atoms in total. The number of aromatic hydroxyl groups is 1. The molecule has 0 aliphatic carbocycles. The summed E-state index contributed by atoms with van der Waals surface area (Å²) in [5.74, 6) is -3.62. The van der Waals surface area contributed by atoms with Crippen molar-refractivity contribution in [1.29, 1.82) is 0 Å². The number of halogens is 2. The van der Waals surface area contributed by atoms with E-state index < -0.39 is 34.6 Å². The predicted molar refractivity (Wildman–Crippen MR) is 116 cm³/mol. The zero-order chi connectivity index (χ0) is 23.9. The van der Waals surface area contributed by atoms with Crippen LogP contribution < -0.4 is 10.7 Å². The largest absolute Gasteiger partial charge is 0.503 e. The Morgan fingerprint density at radius 1 is 1.27 bits per heavy atom. The summed E-state index contributed by atoms with van der Waals surface area (Å²) in [4.78, 5) is 42.6. The lowest BCUT2D eigenvalue weighted by Gasteiger charge is -2.50. The molecule has 4 rings (SSSR count). The van der Waals surface area contributed by atoms with Crippen molar-refractivity contribution < 1.29 is 23.5 Å². The Hall–Kier alpha value is -3.27. The van der Waals surface area contributed by atoms with Crippen molar-refractivity contribution in [2.75, 3.05) is 13.1 Å². The van der Waals surface area contributed by atoms with Crippen molar-refractivity contribution in [2.24, 2.45) is 0 Å². The predicted octanol–water partition coefficient (Wildman–Crippen LogP) is 2.05. The maximum atomic E-state index is 13.9. The molecule has 0 bridgehead atoms. The lowest BCUT2D eigenvalue weighted by molar-refractivity contribution is -0.0322. The molecule has 0 unspecified atom stereocenters. The van der Waals surface area contributed by atoms with Gasteiger partial charge < -0.3 is 19.9 Å². The molecule has 176 valence electrons. The number of rotatable bonds is 5. The quantitative estimate of drug-likeness (QED) is 0.712. The van der Waals surface area contributed by atoms with E-state index in [9.17, 15) is 28.3 Å². The minimum Gasteiger partial charge on any atom is -0.503 e. The SMILES string of the molecule is CCCN1CC[C@H](C)N2C(=O)c3c(O)c(=O)c(C(=O)NCc4ccc(F)cc4F)cn3C[C@@H]12. The first kappa shape index (κ1) is 22.9. The highest BCUT2D eigenvalue weighted by atomic mass is 19.1. The van der Waals surface area contributed by atoms with Gasteiger partial charge >= 0.3 is 0 Å². The van der Waals surface area contributed by atoms with E-state index in [1.165, 1.54) is 16.8 Å². The fraction of sp³-hybridized carbons (Fsp3) is 0.435. The fourth-order valence-electron chi connectivity index (χ4n) is 4.61. The molecule has 3 heterocycles. The molecular formula is C23H26F2N4O4. The first-order chi connectivity index (χ1) is 15.7. The Morgan fingerprint density at radius 3 is 2.73 bits per heavy atom. The fourth-order valence-corrected chi connectivity index (χ4v) is 4.61. The summed E-state index contributed by atoms with van der Waals surface area (Å²) in [6.45, 7) is 5.63. The van der Waals surface area contributed by atoms with Crippen LogP contribution in [0.5, 0.6) is 5.75 Å². The minimum atomic E-state index is -0.972. The summed E-state index contributed by atoms with van der Waals surface area (Å²) in [5.41, 5.74) is -1.42. The van der Waals surface area contributed by atoms with E-state index in [1.807, 2.05) is 6.92 Å². The smallest absolute Gasteiger partial charge is 0.276 e. The highest BCUT2D eigenvalue weighted by molar-refractivity contribution is 5.99. The van der Waals surface area contributed by atoms with Crippen LogP contribution in [0.1, 0.15) is 53.1 Å². The van der Waals surface area contributed by atoms with E-state index in [1.54, 1.807) is 4.90 Å². The molecule has 0 saturated carbocycles. The van der Waals surface area contributed by atoms with Crippen LogP contribution in [-0.2, 0) is 13.1 Å². The normalized spacial score (nSPS) is 20.4. The second kappa shape index (κ2) is 8.93. The Balaban J connectivity index is 1.64. The van der Waals surface area contributed by atoms with Gasteiger partial charge in [-0.2, -0.15) is 0 Å². The number of fused-ring (bicyclic) bond motifs is 2. The topological polar surface area (TPSA) is 94.9 Å². The standard InChI is InChI=1S/C23H26F2N4O4/c1-3-7-27-8-6-13(2)29-18(27)12-28-11-16(20(30)21(31)19(28)23(29)33)22(32)26-10-14-4-5-15(24)9-17(14)25/h4-5,9,11,13,18,31H,3,6-8,10,12H2,1-2H3,(H,26,32)/t13-,18-/m0/s1. The average Bonchev–Trinajstić information content (AvgIpc) is 2.77. The van der Waals surface area contributed by atoms with Crippen molar-refractivity contribution in [3.63, 3.8) is 0 Å². The van der Waals surface area contributed by atoms with Crippen molar-refractivity contribution in [3.05, 3.63) is 63.1 Å². The van der Waals surface area contributed by atoms with Crippen LogP contribution in [0.2, 0.25) is 0 Å². The van der Waals surface area contributed by atoms with Gasteiger partial charge in [0.2, 0.25) is 5.43 Å². The number of nitrogens with zero attached hydrogens (tertiary/aromatic N) is 3. The first-order valence-corrected chi connectivity index (χ1v) is 11.0. The lowest BCUT2D eigenvalue weighted by Crippen LogP contribution is -2.63. The third kappa shape index (κ3) is 4.10. The molecule has 0 spiro atoms. The van der Waals surface area contributed by atoms with Crippen LogP contribution in [0.3, 0.4) is 0 Å². The summed E-state index contributed by atoms with van der Waals surface area (Å²) in [5, 5.41) is 13.0. The summed E-state index contributed by atoms with van der Waals surface area (Å²) in [6, 6.07) is 2.91. The number of hydrogen-bond donors (Lipinski definition) is 2. The Bertz CT molecular complexity index is 1170. The molecule has 0 radical (unpaired) electrons. The third-order valence-corrected chi connectivity index (χ3v) is 6.31. The summed E-state index contributed by atoms with van der Waals surface area (Å²) >= 11 is 0. The molecule has 1 aromatic heterocycles.